The van der Waals surface area contributed by atoms with Gasteiger partial charge in [-0.05, 0) is 78.1 Å². The summed E-state index contributed by atoms with van der Waals surface area (Å²) < 4.78 is 15.7. The van der Waals surface area contributed by atoms with Crippen LogP contribution in [0.4, 0.5) is 4.39 Å². The number of carbonyl (C=O) groups is 1. The van der Waals surface area contributed by atoms with Gasteiger partial charge in [0.15, 0.2) is 0 Å². The van der Waals surface area contributed by atoms with Crippen LogP contribution < -0.4 is 5.56 Å². The molecule has 1 saturated carbocycles. The van der Waals surface area contributed by atoms with Crippen molar-refractivity contribution in [3.8, 4) is 11.1 Å². The maximum Gasteiger partial charge on any atom is 0.341 e. The number of nitrogens with zero attached hydrogens (tertiary/aromatic N) is 1. The number of fused-ring (bicyclic) bond motifs is 1. The highest BCUT2D eigenvalue weighted by Crippen LogP contribution is 2.43. The summed E-state index contributed by atoms with van der Waals surface area (Å²) in [6, 6.07) is 8.48. The van der Waals surface area contributed by atoms with E-state index in [1.165, 1.54) is 16.5 Å². The topological polar surface area (TPSA) is 58.8 Å². The first-order valence-electron chi connectivity index (χ1n) is 9.13. The number of halogens is 1. The Morgan fingerprint density at radius 2 is 2.00 bits per heavy atom. The zero-order valence-electron chi connectivity index (χ0n) is 15.3. The molecule has 5 heteroatoms. The van der Waals surface area contributed by atoms with Crippen molar-refractivity contribution in [2.45, 2.75) is 39.0 Å². The Kier molecular flexibility index (Phi) is 4.10. The summed E-state index contributed by atoms with van der Waals surface area (Å²) in [4.78, 5) is 24.1. The van der Waals surface area contributed by atoms with Gasteiger partial charge in [-0.3, -0.25) is 9.20 Å². The molecule has 138 valence electrons. The first kappa shape index (κ1) is 17.5. The van der Waals surface area contributed by atoms with Crippen molar-refractivity contribution in [3.63, 3.8) is 0 Å². The van der Waals surface area contributed by atoms with Crippen LogP contribution in [0, 0.1) is 12.7 Å². The van der Waals surface area contributed by atoms with E-state index in [-0.39, 0.29) is 17.3 Å². The second-order valence-electron chi connectivity index (χ2n) is 7.13. The van der Waals surface area contributed by atoms with Crippen LogP contribution in [0.25, 0.3) is 16.6 Å². The van der Waals surface area contributed by atoms with Gasteiger partial charge < -0.3 is 5.11 Å². The molecule has 4 rings (SSSR count). The molecule has 0 aliphatic heterocycles. The predicted molar refractivity (Wildman–Crippen MR) is 102 cm³/mol. The number of hydrogen-bond acceptors (Lipinski definition) is 2. The number of hydrogen-bond donors (Lipinski definition) is 1. The maximum absolute atomic E-state index is 14.3. The Bertz CT molecular complexity index is 1140. The second-order valence-corrected chi connectivity index (χ2v) is 7.13. The molecule has 27 heavy (non-hydrogen) atoms. The molecule has 1 fully saturated rings. The van der Waals surface area contributed by atoms with E-state index in [1.807, 2.05) is 19.9 Å². The van der Waals surface area contributed by atoms with Gasteiger partial charge in [0.25, 0.3) is 5.56 Å². The molecule has 2 aromatic heterocycles. The number of rotatable bonds is 4. The fourth-order valence-electron chi connectivity index (χ4n) is 3.77. The summed E-state index contributed by atoms with van der Waals surface area (Å²) >= 11 is 0. The monoisotopic (exact) mass is 365 g/mol. The number of aryl methyl sites for hydroxylation is 2. The van der Waals surface area contributed by atoms with Crippen molar-refractivity contribution in [1.29, 1.82) is 0 Å². The van der Waals surface area contributed by atoms with Crippen molar-refractivity contribution < 1.29 is 14.3 Å². The van der Waals surface area contributed by atoms with E-state index in [9.17, 15) is 19.1 Å². The smallest absolute Gasteiger partial charge is 0.341 e. The molecular formula is C22H20FNO3. The standard InChI is InChI=1S/C22H20FNO3/c1-3-13-4-7-15(10-19(13)23)16-8-9-24-20(12(16)2)17(14-5-6-14)11-18(21(24)25)22(26)27/h4,7-11,14H,3,5-6H2,1-2H3,(H,26,27). The number of benzene rings is 1. The summed E-state index contributed by atoms with van der Waals surface area (Å²) in [5, 5.41) is 9.38. The highest BCUT2D eigenvalue weighted by molar-refractivity contribution is 5.89. The lowest BCUT2D eigenvalue weighted by Gasteiger charge is -2.15. The Hall–Kier alpha value is -2.95. The summed E-state index contributed by atoms with van der Waals surface area (Å²) in [5.74, 6) is -1.18. The molecule has 0 saturated heterocycles. The molecule has 1 N–H and O–H groups in total. The van der Waals surface area contributed by atoms with Crippen molar-refractivity contribution in [1.82, 2.24) is 4.40 Å². The quantitative estimate of drug-likeness (QED) is 0.738. The van der Waals surface area contributed by atoms with Gasteiger partial charge >= 0.3 is 5.97 Å². The fourth-order valence-corrected chi connectivity index (χ4v) is 3.77. The molecule has 0 atom stereocenters. The van der Waals surface area contributed by atoms with E-state index in [1.54, 1.807) is 18.3 Å². The highest BCUT2D eigenvalue weighted by atomic mass is 19.1. The summed E-state index contributed by atoms with van der Waals surface area (Å²) in [7, 11) is 0. The Labute approximate surface area is 155 Å². The van der Waals surface area contributed by atoms with E-state index in [0.717, 1.165) is 40.6 Å². The average molecular weight is 365 g/mol. The third kappa shape index (κ3) is 2.83. The zero-order valence-corrected chi connectivity index (χ0v) is 15.3. The minimum Gasteiger partial charge on any atom is -0.477 e. The van der Waals surface area contributed by atoms with Crippen LogP contribution in [0.3, 0.4) is 0 Å². The third-order valence-electron chi connectivity index (χ3n) is 5.41. The third-order valence-corrected chi connectivity index (χ3v) is 5.41. The zero-order chi connectivity index (χ0) is 19.3. The molecule has 3 aromatic rings. The van der Waals surface area contributed by atoms with Crippen molar-refractivity contribution in [2.75, 3.05) is 0 Å². The van der Waals surface area contributed by atoms with Crippen molar-refractivity contribution in [3.05, 3.63) is 75.0 Å². The van der Waals surface area contributed by atoms with E-state index in [2.05, 4.69) is 0 Å². The Morgan fingerprint density at radius 1 is 1.26 bits per heavy atom. The normalized spacial score (nSPS) is 13.9. The van der Waals surface area contributed by atoms with Crippen LogP contribution in [-0.2, 0) is 6.42 Å². The van der Waals surface area contributed by atoms with Crippen LogP contribution in [-0.4, -0.2) is 15.5 Å². The average Bonchev–Trinajstić information content (AvgIpc) is 3.47. The number of aromatic carboxylic acids is 1. The number of carboxylic acids is 1. The lowest BCUT2D eigenvalue weighted by atomic mass is 9.95. The molecule has 0 spiro atoms. The highest BCUT2D eigenvalue weighted by Gasteiger charge is 2.29. The van der Waals surface area contributed by atoms with Gasteiger partial charge in [-0.1, -0.05) is 19.1 Å². The molecule has 2 heterocycles. The lowest BCUT2D eigenvalue weighted by Crippen LogP contribution is -2.23. The largest absolute Gasteiger partial charge is 0.477 e. The molecule has 1 aromatic carbocycles. The Balaban J connectivity index is 2.01. The number of carboxylic acid groups (broad SMARTS) is 1. The van der Waals surface area contributed by atoms with Gasteiger partial charge in [-0.2, -0.15) is 0 Å². The van der Waals surface area contributed by atoms with Crippen LogP contribution in [0.2, 0.25) is 0 Å². The first-order chi connectivity index (χ1) is 12.9. The van der Waals surface area contributed by atoms with Gasteiger partial charge in [0.1, 0.15) is 11.4 Å². The summed E-state index contributed by atoms with van der Waals surface area (Å²) in [5.41, 5.74) is 4.00. The molecule has 0 radical (unpaired) electrons. The van der Waals surface area contributed by atoms with Crippen molar-refractivity contribution in [2.24, 2.45) is 0 Å². The van der Waals surface area contributed by atoms with E-state index in [4.69, 9.17) is 0 Å². The van der Waals surface area contributed by atoms with Gasteiger partial charge in [0.2, 0.25) is 0 Å². The van der Waals surface area contributed by atoms with Crippen molar-refractivity contribution >= 4 is 11.5 Å². The van der Waals surface area contributed by atoms with Gasteiger partial charge in [-0.25, -0.2) is 9.18 Å². The SMILES string of the molecule is CCc1ccc(-c2ccn3c(=O)c(C(=O)O)cc(C4CC4)c3c2C)cc1F. The van der Waals surface area contributed by atoms with Gasteiger partial charge in [-0.15, -0.1) is 0 Å². The maximum atomic E-state index is 14.3. The van der Waals surface area contributed by atoms with Gasteiger partial charge in [0.05, 0.1) is 5.52 Å². The predicted octanol–water partition coefficient (Wildman–Crippen LogP) is 4.55. The van der Waals surface area contributed by atoms with Crippen LogP contribution in [0.5, 0.6) is 0 Å². The van der Waals surface area contributed by atoms with Crippen LogP contribution >= 0.6 is 0 Å². The minimum atomic E-state index is -1.21. The van der Waals surface area contributed by atoms with E-state index >= 15 is 0 Å². The molecule has 0 unspecified atom stereocenters. The lowest BCUT2D eigenvalue weighted by molar-refractivity contribution is 0.0694. The van der Waals surface area contributed by atoms with Crippen LogP contribution in [0.1, 0.15) is 52.7 Å². The molecule has 4 nitrogen and oxygen atoms in total. The van der Waals surface area contributed by atoms with Crippen LogP contribution in [0.15, 0.2) is 41.3 Å². The number of pyridine rings is 2. The summed E-state index contributed by atoms with van der Waals surface area (Å²) in [6.07, 6.45) is 4.19. The molecule has 0 bridgehead atoms. The molecular weight excluding hydrogens is 345 g/mol. The fraction of sp³-hybridized carbons (Fsp3) is 0.273. The molecule has 1 aliphatic carbocycles. The molecule has 0 amide bonds. The minimum absolute atomic E-state index is 0.208. The number of aromatic nitrogens is 1. The molecule has 1 aliphatic rings. The first-order valence-corrected chi connectivity index (χ1v) is 9.13. The van der Waals surface area contributed by atoms with E-state index in [0.29, 0.717) is 12.0 Å². The Morgan fingerprint density at radius 3 is 2.59 bits per heavy atom. The van der Waals surface area contributed by atoms with Gasteiger partial charge in [0, 0.05) is 6.20 Å². The van der Waals surface area contributed by atoms with E-state index < -0.39 is 11.5 Å². The summed E-state index contributed by atoms with van der Waals surface area (Å²) in [6.45, 7) is 3.82. The second kappa shape index (κ2) is 6.34.